The van der Waals surface area contributed by atoms with E-state index in [-0.39, 0.29) is 5.91 Å². The topological polar surface area (TPSA) is 118 Å². The zero-order valence-electron chi connectivity index (χ0n) is 12.0. The molecule has 0 aromatic carbocycles. The number of rotatable bonds is 3. The summed E-state index contributed by atoms with van der Waals surface area (Å²) in [6.07, 6.45) is 1.71. The Kier molecular flexibility index (Phi) is 4.59. The molecule has 3 amide bonds. The lowest BCUT2D eigenvalue weighted by Crippen LogP contribution is -2.55. The van der Waals surface area contributed by atoms with Crippen molar-refractivity contribution in [1.29, 1.82) is 0 Å². The van der Waals surface area contributed by atoms with Crippen molar-refractivity contribution < 1.29 is 9.59 Å². The number of pyridine rings is 1. The molecule has 1 aliphatic heterocycles. The van der Waals surface area contributed by atoms with Gasteiger partial charge in [0.1, 0.15) is 0 Å². The number of piperazine rings is 1. The second kappa shape index (κ2) is 6.40. The summed E-state index contributed by atoms with van der Waals surface area (Å²) in [4.78, 5) is 30.8. The van der Waals surface area contributed by atoms with Crippen LogP contribution in [0.3, 0.4) is 0 Å². The number of aromatic nitrogens is 1. The van der Waals surface area contributed by atoms with E-state index < -0.39 is 12.1 Å². The molecule has 8 nitrogen and oxygen atoms in total. The second-order valence-corrected chi connectivity index (χ2v) is 4.97. The number of imide groups is 1. The summed E-state index contributed by atoms with van der Waals surface area (Å²) >= 11 is 0. The van der Waals surface area contributed by atoms with E-state index in [0.29, 0.717) is 18.8 Å². The van der Waals surface area contributed by atoms with Gasteiger partial charge in [-0.25, -0.2) is 9.78 Å². The molecular formula is C13H20N6O2. The van der Waals surface area contributed by atoms with Crippen LogP contribution in [0.1, 0.15) is 6.92 Å². The fourth-order valence-corrected chi connectivity index (χ4v) is 2.39. The highest BCUT2D eigenvalue weighted by molar-refractivity contribution is 5.96. The molecule has 1 unspecified atom stereocenters. The van der Waals surface area contributed by atoms with Gasteiger partial charge >= 0.3 is 6.03 Å². The Morgan fingerprint density at radius 3 is 2.57 bits per heavy atom. The van der Waals surface area contributed by atoms with Crippen molar-refractivity contribution in [2.24, 2.45) is 5.73 Å². The average molecular weight is 292 g/mol. The summed E-state index contributed by atoms with van der Waals surface area (Å²) in [5, 5.41) is 2.10. The second-order valence-electron chi connectivity index (χ2n) is 4.97. The number of carbonyl (C=O) groups excluding carboxylic acids is 2. The molecule has 1 fully saturated rings. The van der Waals surface area contributed by atoms with Crippen LogP contribution in [0, 0.1) is 0 Å². The standard InChI is InChI=1S/C13H20N6O2/c1-9(12(20)17-13(15)21)18-5-7-19(8-6-18)11-10(14)3-2-4-16-11/h2-4,9H,5-8,14H2,1H3,(H3,15,17,20,21). The van der Waals surface area contributed by atoms with E-state index >= 15 is 0 Å². The zero-order chi connectivity index (χ0) is 15.4. The summed E-state index contributed by atoms with van der Waals surface area (Å²) < 4.78 is 0. The van der Waals surface area contributed by atoms with Crippen molar-refractivity contribution in [2.75, 3.05) is 36.8 Å². The lowest BCUT2D eigenvalue weighted by Gasteiger charge is -2.38. The number of anilines is 2. The fraction of sp³-hybridized carbons (Fsp3) is 0.462. The van der Waals surface area contributed by atoms with Gasteiger partial charge in [0.2, 0.25) is 5.91 Å². The van der Waals surface area contributed by atoms with Gasteiger partial charge in [-0.15, -0.1) is 0 Å². The Labute approximate surface area is 123 Å². The molecule has 0 spiro atoms. The smallest absolute Gasteiger partial charge is 0.318 e. The van der Waals surface area contributed by atoms with Gasteiger partial charge in [0, 0.05) is 32.4 Å². The molecule has 0 radical (unpaired) electrons. The summed E-state index contributed by atoms with van der Waals surface area (Å²) in [6, 6.07) is 2.38. The molecule has 1 atom stereocenters. The largest absolute Gasteiger partial charge is 0.396 e. The minimum atomic E-state index is -0.827. The number of hydrogen-bond donors (Lipinski definition) is 3. The third-order valence-corrected chi connectivity index (χ3v) is 3.60. The predicted octanol–water partition coefficient (Wildman–Crippen LogP) is -0.631. The molecule has 0 saturated carbocycles. The molecule has 2 heterocycles. The van der Waals surface area contributed by atoms with Gasteiger partial charge in [0.15, 0.2) is 5.82 Å². The van der Waals surface area contributed by atoms with E-state index in [1.165, 1.54) is 0 Å². The molecule has 2 rings (SSSR count). The van der Waals surface area contributed by atoms with Crippen molar-refractivity contribution in [3.63, 3.8) is 0 Å². The molecule has 1 saturated heterocycles. The van der Waals surface area contributed by atoms with Crippen molar-refractivity contribution in [1.82, 2.24) is 15.2 Å². The summed E-state index contributed by atoms with van der Waals surface area (Å²) in [6.45, 7) is 4.56. The first-order valence-electron chi connectivity index (χ1n) is 6.79. The molecule has 0 bridgehead atoms. The molecule has 21 heavy (non-hydrogen) atoms. The summed E-state index contributed by atoms with van der Waals surface area (Å²) in [5.74, 6) is 0.389. The van der Waals surface area contributed by atoms with Crippen LogP contribution in [0.25, 0.3) is 0 Å². The van der Waals surface area contributed by atoms with Crippen LogP contribution in [-0.2, 0) is 4.79 Å². The normalized spacial score (nSPS) is 17.3. The number of nitrogens with zero attached hydrogens (tertiary/aromatic N) is 3. The number of nitrogens with one attached hydrogen (secondary N) is 1. The van der Waals surface area contributed by atoms with Crippen molar-refractivity contribution in [3.05, 3.63) is 18.3 Å². The molecule has 114 valence electrons. The summed E-state index contributed by atoms with van der Waals surface area (Å²) in [7, 11) is 0. The van der Waals surface area contributed by atoms with Gasteiger partial charge in [-0.3, -0.25) is 15.0 Å². The van der Waals surface area contributed by atoms with E-state index in [1.54, 1.807) is 19.2 Å². The maximum absolute atomic E-state index is 11.8. The van der Waals surface area contributed by atoms with Gasteiger partial charge in [-0.1, -0.05) is 0 Å². The van der Waals surface area contributed by atoms with Crippen molar-refractivity contribution in [2.45, 2.75) is 13.0 Å². The van der Waals surface area contributed by atoms with Gasteiger partial charge < -0.3 is 16.4 Å². The Hall–Kier alpha value is -2.35. The third-order valence-electron chi connectivity index (χ3n) is 3.60. The lowest BCUT2D eigenvalue weighted by atomic mass is 10.2. The number of nitrogens with two attached hydrogens (primary N) is 2. The quantitative estimate of drug-likeness (QED) is 0.682. The van der Waals surface area contributed by atoms with Gasteiger partial charge in [0.05, 0.1) is 11.7 Å². The maximum atomic E-state index is 11.8. The average Bonchev–Trinajstić information content (AvgIpc) is 2.46. The first-order valence-corrected chi connectivity index (χ1v) is 6.79. The van der Waals surface area contributed by atoms with Crippen LogP contribution in [0.5, 0.6) is 0 Å². The van der Waals surface area contributed by atoms with Crippen LogP contribution in [0.2, 0.25) is 0 Å². The third kappa shape index (κ3) is 3.60. The van der Waals surface area contributed by atoms with Crippen LogP contribution in [-0.4, -0.2) is 54.0 Å². The monoisotopic (exact) mass is 292 g/mol. The Morgan fingerprint density at radius 1 is 1.33 bits per heavy atom. The van der Waals surface area contributed by atoms with Gasteiger partial charge in [-0.05, 0) is 19.1 Å². The van der Waals surface area contributed by atoms with E-state index in [2.05, 4.69) is 15.2 Å². The van der Waals surface area contributed by atoms with E-state index in [9.17, 15) is 9.59 Å². The zero-order valence-corrected chi connectivity index (χ0v) is 12.0. The van der Waals surface area contributed by atoms with Crippen LogP contribution >= 0.6 is 0 Å². The molecule has 8 heteroatoms. The lowest BCUT2D eigenvalue weighted by molar-refractivity contribution is -0.124. The van der Waals surface area contributed by atoms with E-state index in [1.807, 2.05) is 11.0 Å². The Morgan fingerprint density at radius 2 is 2.00 bits per heavy atom. The van der Waals surface area contributed by atoms with Gasteiger partial charge in [0.25, 0.3) is 0 Å². The Balaban J connectivity index is 1.93. The van der Waals surface area contributed by atoms with E-state index in [0.717, 1.165) is 18.9 Å². The number of primary amides is 1. The highest BCUT2D eigenvalue weighted by Gasteiger charge is 2.27. The van der Waals surface area contributed by atoms with Crippen molar-refractivity contribution >= 4 is 23.4 Å². The minimum Gasteiger partial charge on any atom is -0.396 e. The van der Waals surface area contributed by atoms with Crippen molar-refractivity contribution in [3.8, 4) is 0 Å². The van der Waals surface area contributed by atoms with Crippen LogP contribution in [0.15, 0.2) is 18.3 Å². The fourth-order valence-electron chi connectivity index (χ4n) is 2.39. The number of hydrogen-bond acceptors (Lipinski definition) is 6. The molecular weight excluding hydrogens is 272 g/mol. The summed E-state index contributed by atoms with van der Waals surface area (Å²) in [5.41, 5.74) is 11.5. The number of nitrogen functional groups attached to an aromatic ring is 1. The van der Waals surface area contributed by atoms with Crippen LogP contribution < -0.4 is 21.7 Å². The number of carbonyl (C=O) groups is 2. The SMILES string of the molecule is CC(C(=O)NC(N)=O)N1CCN(c2ncccc2N)CC1. The molecule has 1 aromatic rings. The van der Waals surface area contributed by atoms with Gasteiger partial charge in [-0.2, -0.15) is 0 Å². The molecule has 5 N–H and O–H groups in total. The maximum Gasteiger partial charge on any atom is 0.318 e. The highest BCUT2D eigenvalue weighted by atomic mass is 16.2. The first-order chi connectivity index (χ1) is 9.99. The number of amides is 3. The predicted molar refractivity (Wildman–Crippen MR) is 79.6 cm³/mol. The number of urea groups is 1. The minimum absolute atomic E-state index is 0.381. The molecule has 0 aliphatic carbocycles. The Bertz CT molecular complexity index is 527. The molecule has 1 aromatic heterocycles. The molecule has 1 aliphatic rings. The highest BCUT2D eigenvalue weighted by Crippen LogP contribution is 2.21. The first kappa shape index (κ1) is 15.0. The van der Waals surface area contributed by atoms with Crippen LogP contribution in [0.4, 0.5) is 16.3 Å². The van der Waals surface area contributed by atoms with E-state index in [4.69, 9.17) is 11.5 Å².